The molecule has 9 heteroatoms. The molecule has 2 N–H and O–H groups in total. The lowest BCUT2D eigenvalue weighted by molar-refractivity contribution is 0.101. The van der Waals surface area contributed by atoms with Crippen LogP contribution in [0.3, 0.4) is 0 Å². The molecule has 1 fully saturated rings. The molecule has 0 spiro atoms. The van der Waals surface area contributed by atoms with Gasteiger partial charge in [0.25, 0.3) is 5.91 Å². The Bertz CT molecular complexity index is 1240. The van der Waals surface area contributed by atoms with Crippen LogP contribution in [0.2, 0.25) is 0 Å². The number of rotatable bonds is 4. The Hall–Kier alpha value is -2.96. The number of benzene rings is 1. The third-order valence-corrected chi connectivity index (χ3v) is 7.48. The topological polar surface area (TPSA) is 99.3 Å². The highest BCUT2D eigenvalue weighted by Gasteiger charge is 2.33. The summed E-state index contributed by atoms with van der Waals surface area (Å²) in [4.78, 5) is 13.6. The molecule has 31 heavy (non-hydrogen) atoms. The summed E-state index contributed by atoms with van der Waals surface area (Å²) < 4.78 is 37.0. The Morgan fingerprint density at radius 2 is 2.16 bits per heavy atom. The molecule has 1 amide bonds. The first kappa shape index (κ1) is 21.3. The lowest BCUT2D eigenvalue weighted by atomic mass is 10.0. The zero-order valence-electron chi connectivity index (χ0n) is 17.6. The van der Waals surface area contributed by atoms with Crippen LogP contribution in [0.25, 0.3) is 6.08 Å². The first-order valence-corrected chi connectivity index (χ1v) is 11.7. The van der Waals surface area contributed by atoms with Crippen molar-refractivity contribution in [3.05, 3.63) is 53.1 Å². The van der Waals surface area contributed by atoms with Crippen LogP contribution in [0.4, 0.5) is 10.1 Å². The van der Waals surface area contributed by atoms with E-state index in [4.69, 9.17) is 5.26 Å². The zero-order chi connectivity index (χ0) is 22.3. The summed E-state index contributed by atoms with van der Waals surface area (Å²) in [5, 5.41) is 11.8. The summed E-state index contributed by atoms with van der Waals surface area (Å²) in [5.41, 5.74) is 1.02. The van der Waals surface area contributed by atoms with Crippen LogP contribution in [0.5, 0.6) is 0 Å². The predicted molar refractivity (Wildman–Crippen MR) is 117 cm³/mol. The largest absolute Gasteiger partial charge is 0.345 e. The van der Waals surface area contributed by atoms with Gasteiger partial charge in [-0.15, -0.1) is 0 Å². The van der Waals surface area contributed by atoms with E-state index in [0.717, 1.165) is 18.9 Å². The first-order chi connectivity index (χ1) is 14.7. The fourth-order valence-electron chi connectivity index (χ4n) is 3.48. The average Bonchev–Trinajstić information content (AvgIpc) is 3.47. The predicted octanol–water partition coefficient (Wildman–Crippen LogP) is 3.83. The summed E-state index contributed by atoms with van der Waals surface area (Å²) in [6.07, 6.45) is 7.26. The molecule has 2 heterocycles. The van der Waals surface area contributed by atoms with Crippen LogP contribution in [0.15, 0.2) is 39.7 Å². The van der Waals surface area contributed by atoms with E-state index in [2.05, 4.69) is 14.4 Å². The van der Waals surface area contributed by atoms with Crippen molar-refractivity contribution >= 4 is 27.6 Å². The van der Waals surface area contributed by atoms with Gasteiger partial charge in [0.15, 0.2) is 0 Å². The molecule has 0 saturated heterocycles. The van der Waals surface area contributed by atoms with Gasteiger partial charge in [-0.25, -0.2) is 17.7 Å². The van der Waals surface area contributed by atoms with Crippen molar-refractivity contribution in [2.75, 3.05) is 5.32 Å². The Morgan fingerprint density at radius 1 is 1.42 bits per heavy atom. The number of carbonyl (C=O) groups is 1. The maximum absolute atomic E-state index is 13.9. The summed E-state index contributed by atoms with van der Waals surface area (Å²) >= 11 is 0. The van der Waals surface area contributed by atoms with Crippen molar-refractivity contribution in [2.24, 2.45) is 17.3 Å². The van der Waals surface area contributed by atoms with Crippen LogP contribution in [-0.2, 0) is 17.0 Å². The Labute approximate surface area is 181 Å². The van der Waals surface area contributed by atoms with Crippen molar-refractivity contribution in [3.63, 3.8) is 0 Å². The monoisotopic (exact) mass is 441 g/mol. The summed E-state index contributed by atoms with van der Waals surface area (Å²) in [5.74, 6) is -0.909. The smallest absolute Gasteiger partial charge is 0.272 e. The molecule has 1 saturated carbocycles. The lowest BCUT2D eigenvalue weighted by Crippen LogP contribution is -2.36. The highest BCUT2D eigenvalue weighted by molar-refractivity contribution is 7.91. The van der Waals surface area contributed by atoms with Gasteiger partial charge >= 0.3 is 0 Å². The van der Waals surface area contributed by atoms with E-state index in [1.54, 1.807) is 23.9 Å². The molecule has 4 rings (SSSR count). The fourth-order valence-corrected chi connectivity index (χ4v) is 5.90. The number of nitriles is 1. The van der Waals surface area contributed by atoms with Crippen molar-refractivity contribution < 1.29 is 13.4 Å². The molecule has 162 valence electrons. The van der Waals surface area contributed by atoms with Crippen molar-refractivity contribution in [2.45, 2.75) is 43.7 Å². The number of nitrogens with one attached hydrogen (secondary N) is 2. The zero-order valence-corrected chi connectivity index (χ0v) is 18.4. The van der Waals surface area contributed by atoms with E-state index in [-0.39, 0.29) is 23.6 Å². The molecular formula is C22H24FN5O2S. The van der Waals surface area contributed by atoms with Crippen molar-refractivity contribution in [3.8, 4) is 6.07 Å². The minimum Gasteiger partial charge on any atom is -0.345 e. The standard InChI is InChI=1S/C22H24FN5O2S/c1-13(2)19-9-7-17-20(31(30,27-19)26-15-4-5-15)12-28(3)21(17)22(29)25-16-6-8-18(23)14(10-16)11-24/h6-10,12-13,15,19H,4-5H2,1-3H3,(H,25,29)(H,26,27,30). The number of aromatic nitrogens is 1. The molecule has 2 aliphatic rings. The van der Waals surface area contributed by atoms with E-state index in [1.165, 1.54) is 12.1 Å². The van der Waals surface area contributed by atoms with E-state index >= 15 is 0 Å². The molecule has 1 aliphatic carbocycles. The Morgan fingerprint density at radius 3 is 2.81 bits per heavy atom. The molecule has 0 bridgehead atoms. The number of aryl methyl sites for hydroxylation is 1. The minimum atomic E-state index is -2.92. The molecule has 7 nitrogen and oxygen atoms in total. The normalized spacial score (nSPS) is 22.5. The van der Waals surface area contributed by atoms with Crippen LogP contribution < -0.4 is 10.0 Å². The first-order valence-electron chi connectivity index (χ1n) is 10.1. The SMILES string of the molecule is CC(C)C1C=Cc2c(cn(C)c2C(=O)Nc2ccc(F)c(C#N)c2)S(=O)(=NC2CC2)N1. The van der Waals surface area contributed by atoms with Gasteiger partial charge in [-0.05, 0) is 37.0 Å². The second-order valence-corrected chi connectivity index (χ2v) is 10.2. The maximum Gasteiger partial charge on any atom is 0.272 e. The highest BCUT2D eigenvalue weighted by Crippen LogP contribution is 2.33. The van der Waals surface area contributed by atoms with E-state index in [0.29, 0.717) is 21.8 Å². The molecule has 2 unspecified atom stereocenters. The number of hydrogen-bond acceptors (Lipinski definition) is 4. The number of fused-ring (bicyclic) bond motifs is 1. The van der Waals surface area contributed by atoms with E-state index in [1.807, 2.05) is 26.0 Å². The molecule has 2 aromatic rings. The van der Waals surface area contributed by atoms with Crippen LogP contribution in [-0.4, -0.2) is 26.8 Å². The second kappa shape index (κ2) is 7.94. The minimum absolute atomic E-state index is 0.0693. The third kappa shape index (κ3) is 4.13. The number of amides is 1. The fraction of sp³-hybridized carbons (Fsp3) is 0.364. The van der Waals surface area contributed by atoms with E-state index < -0.39 is 21.6 Å². The Balaban J connectivity index is 1.78. The number of carbonyl (C=O) groups excluding carboxylic acids is 1. The lowest BCUT2D eigenvalue weighted by Gasteiger charge is -2.20. The number of halogens is 1. The van der Waals surface area contributed by atoms with Gasteiger partial charge in [-0.3, -0.25) is 4.79 Å². The Kier molecular flexibility index (Phi) is 5.45. The second-order valence-electron chi connectivity index (χ2n) is 8.24. The van der Waals surface area contributed by atoms with Gasteiger partial charge < -0.3 is 9.88 Å². The van der Waals surface area contributed by atoms with Crippen molar-refractivity contribution in [1.82, 2.24) is 9.29 Å². The molecule has 1 aliphatic heterocycles. The quantitative estimate of drug-likeness (QED) is 0.754. The van der Waals surface area contributed by atoms with Crippen LogP contribution in [0, 0.1) is 23.1 Å². The van der Waals surface area contributed by atoms with Gasteiger partial charge in [0.05, 0.1) is 16.5 Å². The van der Waals surface area contributed by atoms with Gasteiger partial charge in [0.2, 0.25) is 0 Å². The molecule has 1 aromatic heterocycles. The van der Waals surface area contributed by atoms with Gasteiger partial charge in [-0.2, -0.15) is 5.26 Å². The molecule has 1 aromatic carbocycles. The number of anilines is 1. The molecular weight excluding hydrogens is 417 g/mol. The maximum atomic E-state index is 13.9. The van der Waals surface area contributed by atoms with Crippen molar-refractivity contribution in [1.29, 1.82) is 5.26 Å². The summed E-state index contributed by atoms with van der Waals surface area (Å²) in [6, 6.07) is 5.50. The molecule has 0 radical (unpaired) electrons. The molecule has 2 atom stereocenters. The van der Waals surface area contributed by atoms with Gasteiger partial charge in [0, 0.05) is 30.5 Å². The number of nitrogens with zero attached hydrogens (tertiary/aromatic N) is 3. The average molecular weight is 442 g/mol. The van der Waals surface area contributed by atoms with E-state index in [9.17, 15) is 13.4 Å². The summed E-state index contributed by atoms with van der Waals surface area (Å²) in [6.45, 7) is 4.06. The highest BCUT2D eigenvalue weighted by atomic mass is 32.2. The summed E-state index contributed by atoms with van der Waals surface area (Å²) in [7, 11) is -1.21. The van der Waals surface area contributed by atoms with Crippen LogP contribution in [0.1, 0.15) is 48.3 Å². The number of hydrogen-bond donors (Lipinski definition) is 2. The van der Waals surface area contributed by atoms with Gasteiger partial charge in [-0.1, -0.05) is 26.0 Å². The van der Waals surface area contributed by atoms with Crippen LogP contribution >= 0.6 is 0 Å². The van der Waals surface area contributed by atoms with Gasteiger partial charge in [0.1, 0.15) is 27.5 Å². The third-order valence-electron chi connectivity index (χ3n) is 5.37.